The van der Waals surface area contributed by atoms with Gasteiger partial charge in [0.2, 0.25) is 0 Å². The summed E-state index contributed by atoms with van der Waals surface area (Å²) in [7, 11) is 0.248. The van der Waals surface area contributed by atoms with Gasteiger partial charge in [0.25, 0.3) is 0 Å². The molecule has 0 aromatic heterocycles. The van der Waals surface area contributed by atoms with Gasteiger partial charge >= 0.3 is 0 Å². The third-order valence-corrected chi connectivity index (χ3v) is 0.956. The average molecular weight is 559 g/mol. The molecule has 1 atom stereocenters. The van der Waals surface area contributed by atoms with Crippen molar-refractivity contribution in [3.8, 4) is 0 Å². The molecule has 0 aliphatic carbocycles. The Morgan fingerprint density at radius 2 is 1.62 bits per heavy atom. The van der Waals surface area contributed by atoms with Crippen molar-refractivity contribution in [3.05, 3.63) is 13.3 Å². The Balaban J connectivity index is -0.0000000146. The van der Waals surface area contributed by atoms with E-state index in [1.807, 2.05) is 13.8 Å². The van der Waals surface area contributed by atoms with E-state index in [1.165, 1.54) is 0 Å². The molecule has 1 unspecified atom stereocenters. The Kier molecular flexibility index (Phi) is 99.8. The molecule has 73 valence electrons. The van der Waals surface area contributed by atoms with Crippen molar-refractivity contribution in [3.63, 3.8) is 0 Å². The molecule has 0 bridgehead atoms. The first-order valence-electron chi connectivity index (χ1n) is 3.10. The Morgan fingerprint density at radius 1 is 1.46 bits per heavy atom. The number of hydrogen-bond acceptors (Lipinski definition) is 1. The Hall–Kier alpha value is 3.58. The maximum atomic E-state index is 9.27. The van der Waals surface area contributed by atoms with Gasteiger partial charge in [-0.25, -0.2) is 0 Å². The zero-order valence-corrected chi connectivity index (χ0v) is 19.3. The van der Waals surface area contributed by atoms with Crippen LogP contribution in [-0.4, -0.2) is 6.16 Å². The summed E-state index contributed by atoms with van der Waals surface area (Å²) < 4.78 is 9.27. The van der Waals surface area contributed by atoms with Crippen molar-refractivity contribution in [2.75, 3.05) is 6.16 Å². The molecule has 0 spiro atoms. The molecule has 1 nitrogen and oxygen atoms in total. The molecule has 0 saturated heterocycles. The van der Waals surface area contributed by atoms with Crippen LogP contribution in [0.4, 0.5) is 0 Å². The van der Waals surface area contributed by atoms with Crippen molar-refractivity contribution >= 4 is 8.46 Å². The van der Waals surface area contributed by atoms with Crippen LogP contribution in [0.5, 0.6) is 0 Å². The Morgan fingerprint density at radius 3 is 1.62 bits per heavy atom. The van der Waals surface area contributed by atoms with E-state index < -0.39 is 0 Å². The zero-order valence-electron chi connectivity index (χ0n) is 8.43. The fourth-order valence-electron chi connectivity index (χ4n) is 0. The Labute approximate surface area is 161 Å². The molecule has 0 aliphatic heterocycles. The van der Waals surface area contributed by atoms with Gasteiger partial charge in [-0.3, -0.25) is 4.57 Å². The van der Waals surface area contributed by atoms with E-state index in [0.717, 1.165) is 6.16 Å². The normalized spacial score (nSPS) is 8.31. The van der Waals surface area contributed by atoms with Crippen molar-refractivity contribution in [1.29, 1.82) is 0 Å². The van der Waals surface area contributed by atoms with Gasteiger partial charge in [-0.15, -0.1) is 6.92 Å². The van der Waals surface area contributed by atoms with Crippen molar-refractivity contribution < 1.29 is 110 Å². The minimum atomic E-state index is 0. The predicted octanol–water partition coefficient (Wildman–Crippen LogP) is 2.97. The maximum Gasteiger partial charge on any atom is 0.154 e. The molecular weight excluding hydrogens is 544 g/mol. The first-order valence-corrected chi connectivity index (χ1v) is 4.10. The first-order chi connectivity index (χ1) is 4.18. The van der Waals surface area contributed by atoms with E-state index in [0.29, 0.717) is 5.92 Å². The van der Waals surface area contributed by atoms with Crippen LogP contribution in [-0.2, 0) is 110 Å². The maximum absolute atomic E-state index is 9.27. The van der Waals surface area contributed by atoms with E-state index in [-0.39, 0.29) is 113 Å². The van der Waals surface area contributed by atoms with Crippen molar-refractivity contribution in [2.45, 2.75) is 20.8 Å². The molecule has 0 fully saturated rings. The van der Waals surface area contributed by atoms with Crippen LogP contribution < -0.4 is 0 Å². The van der Waals surface area contributed by atoms with E-state index in [9.17, 15) is 4.57 Å². The molecule has 0 aliphatic rings. The number of rotatable bonds is 2. The van der Waals surface area contributed by atoms with E-state index >= 15 is 0 Å². The van der Waals surface area contributed by atoms with Gasteiger partial charge in [-0.1, -0.05) is 6.92 Å². The van der Waals surface area contributed by atoms with Crippen molar-refractivity contribution in [2.24, 2.45) is 5.92 Å². The fraction of sp³-hybridized carbons (Fsp3) is 0.714. The standard InChI is InChI=1S/C5H10.C2H5OP.V.W.2Y/c1-4-5(2)3;1-2-4-3;;;;/h4-5H,2H2,1,3H3;2H2,1H3;;;;/q-2;;;;;. The molecule has 3 radical (unpaired) electrons. The summed E-state index contributed by atoms with van der Waals surface area (Å²) in [5.74, 6) is 0.509. The summed E-state index contributed by atoms with van der Waals surface area (Å²) in [6.07, 6.45) is 2.79. The molecule has 0 aromatic carbocycles. The van der Waals surface area contributed by atoms with Gasteiger partial charge in [-0.2, -0.15) is 6.92 Å². The van der Waals surface area contributed by atoms with Gasteiger partial charge in [-0.05, 0) is 0 Å². The van der Waals surface area contributed by atoms with Gasteiger partial charge in [0, 0.05) is 111 Å². The van der Waals surface area contributed by atoms with Gasteiger partial charge < -0.3 is 19.3 Å². The summed E-state index contributed by atoms with van der Waals surface area (Å²) in [6, 6.07) is 0. The van der Waals surface area contributed by atoms with Gasteiger partial charge in [0.15, 0.2) is 8.46 Å². The molecule has 0 heterocycles. The molecule has 13 heavy (non-hydrogen) atoms. The Bertz CT molecular complexity index is 70.5. The summed E-state index contributed by atoms with van der Waals surface area (Å²) in [4.78, 5) is 0. The molecule has 0 N–H and O–H groups in total. The third kappa shape index (κ3) is 66.4. The second-order valence-electron chi connectivity index (χ2n) is 1.76. The topological polar surface area (TPSA) is 17.1 Å². The smallest absolute Gasteiger partial charge is 0.154 e. The molecular formula is C7H15OPVWY2-2. The van der Waals surface area contributed by atoms with Crippen LogP contribution in [0.1, 0.15) is 20.8 Å². The van der Waals surface area contributed by atoms with Crippen LogP contribution in [0.25, 0.3) is 0 Å². The van der Waals surface area contributed by atoms with Crippen LogP contribution in [0.2, 0.25) is 0 Å². The zero-order chi connectivity index (χ0) is 7.70. The molecule has 0 amide bonds. The minimum absolute atomic E-state index is 0. The average Bonchev–Trinajstić information content (AvgIpc) is 1.89. The fourth-order valence-corrected chi connectivity index (χ4v) is 0. The van der Waals surface area contributed by atoms with Gasteiger partial charge in [0.1, 0.15) is 0 Å². The summed E-state index contributed by atoms with van der Waals surface area (Å²) in [5, 5.41) is 0. The summed E-state index contributed by atoms with van der Waals surface area (Å²) in [6.45, 7) is 9.62. The van der Waals surface area contributed by atoms with E-state index in [2.05, 4.69) is 20.3 Å². The summed E-state index contributed by atoms with van der Waals surface area (Å²) in [5.41, 5.74) is 0. The van der Waals surface area contributed by atoms with Gasteiger partial charge in [0.05, 0.1) is 0 Å². The van der Waals surface area contributed by atoms with E-state index in [4.69, 9.17) is 0 Å². The van der Waals surface area contributed by atoms with Crippen LogP contribution >= 0.6 is 8.46 Å². The molecule has 0 aromatic rings. The molecule has 0 rings (SSSR count). The monoisotopic (exact) mass is 559 g/mol. The predicted molar refractivity (Wildman–Crippen MR) is 42.6 cm³/mol. The van der Waals surface area contributed by atoms with Crippen LogP contribution in [0.15, 0.2) is 0 Å². The largest absolute Gasteiger partial charge is 0.370 e. The van der Waals surface area contributed by atoms with Crippen LogP contribution in [0.3, 0.4) is 0 Å². The SMILES string of the molecule is CCP=O.[CH2-]C(C)[CH-]C.[V].[W].[Y].[Y]. The minimum Gasteiger partial charge on any atom is -0.370 e. The molecule has 6 heteroatoms. The first kappa shape index (κ1) is 36.0. The second-order valence-corrected chi connectivity index (χ2v) is 2.65. The quantitative estimate of drug-likeness (QED) is 0.376. The van der Waals surface area contributed by atoms with Crippen LogP contribution in [0, 0.1) is 19.3 Å². The number of hydrogen-bond donors (Lipinski definition) is 0. The van der Waals surface area contributed by atoms with E-state index in [1.54, 1.807) is 0 Å². The molecule has 0 saturated carbocycles. The summed E-state index contributed by atoms with van der Waals surface area (Å²) >= 11 is 0. The third-order valence-electron chi connectivity index (χ3n) is 0.698. The second kappa shape index (κ2) is 36.1. The van der Waals surface area contributed by atoms with Crippen molar-refractivity contribution in [1.82, 2.24) is 0 Å².